The lowest BCUT2D eigenvalue weighted by atomic mass is 10.0. The molecule has 1 N–H and O–H groups in total. The molecule has 0 fully saturated rings. The molecular formula is C23H22N2O5. The maximum Gasteiger partial charge on any atom is 0.341 e. The molecule has 2 aromatic rings. The van der Waals surface area contributed by atoms with E-state index in [9.17, 15) is 9.59 Å². The minimum Gasteiger partial charge on any atom is -0.493 e. The lowest BCUT2D eigenvalue weighted by Crippen LogP contribution is -2.21. The van der Waals surface area contributed by atoms with Crippen molar-refractivity contribution in [2.24, 2.45) is 5.10 Å². The van der Waals surface area contributed by atoms with Crippen LogP contribution in [0.15, 0.2) is 65.8 Å². The highest BCUT2D eigenvalue weighted by atomic mass is 16.5. The fourth-order valence-electron chi connectivity index (χ4n) is 3.12. The summed E-state index contributed by atoms with van der Waals surface area (Å²) >= 11 is 0. The Hall–Kier alpha value is -3.87. The molecule has 0 aliphatic carbocycles. The zero-order valence-corrected chi connectivity index (χ0v) is 16.8. The van der Waals surface area contributed by atoms with Crippen molar-refractivity contribution in [3.05, 3.63) is 71.8 Å². The summed E-state index contributed by atoms with van der Waals surface area (Å²) < 4.78 is 10.8. The summed E-state index contributed by atoms with van der Waals surface area (Å²) in [4.78, 5) is 23.8. The number of amides is 1. The predicted molar refractivity (Wildman–Crippen MR) is 115 cm³/mol. The average Bonchev–Trinajstić information content (AvgIpc) is 3.01. The number of carbonyl (C=O) groups excluding carboxylic acids is 1. The Morgan fingerprint density at radius 2 is 2.00 bits per heavy atom. The first kappa shape index (κ1) is 20.9. The van der Waals surface area contributed by atoms with Crippen molar-refractivity contribution >= 4 is 29.4 Å². The Bertz CT molecular complexity index is 1040. The number of carboxylic acid groups (broad SMARTS) is 1. The summed E-state index contributed by atoms with van der Waals surface area (Å²) in [7, 11) is 1.47. The number of carbonyl (C=O) groups is 2. The number of methoxy groups -OCH3 is 1. The van der Waals surface area contributed by atoms with E-state index < -0.39 is 12.6 Å². The van der Waals surface area contributed by atoms with Crippen molar-refractivity contribution in [1.82, 2.24) is 0 Å². The standard InChI is InChI=1S/C23H22N2O5/c1-4-8-17-11-16(13-20(29-3)22(17)30-14-21(26)27)12-19-15(2)24-25(23(19)28)18-9-6-5-7-10-18/h4-7,9-13H,1,8,14H2,2-3H3,(H,26,27)/b19-12+. The van der Waals surface area contributed by atoms with Gasteiger partial charge in [-0.25, -0.2) is 4.79 Å². The number of nitrogens with zero attached hydrogens (tertiary/aromatic N) is 2. The predicted octanol–water partition coefficient (Wildman–Crippen LogP) is 3.69. The van der Waals surface area contributed by atoms with E-state index in [1.807, 2.05) is 36.4 Å². The van der Waals surface area contributed by atoms with Gasteiger partial charge in [-0.05, 0) is 49.2 Å². The van der Waals surface area contributed by atoms with Crippen molar-refractivity contribution in [3.63, 3.8) is 0 Å². The highest BCUT2D eigenvalue weighted by Crippen LogP contribution is 2.35. The molecule has 0 unspecified atom stereocenters. The summed E-state index contributed by atoms with van der Waals surface area (Å²) in [5.41, 5.74) is 3.16. The number of aliphatic carboxylic acids is 1. The molecule has 0 atom stereocenters. The molecule has 1 heterocycles. The Labute approximate surface area is 174 Å². The quantitative estimate of drug-likeness (QED) is 0.534. The van der Waals surface area contributed by atoms with Gasteiger partial charge in [-0.3, -0.25) is 4.79 Å². The van der Waals surface area contributed by atoms with Crippen molar-refractivity contribution in [2.45, 2.75) is 13.3 Å². The third-order valence-corrected chi connectivity index (χ3v) is 4.45. The minimum atomic E-state index is -1.09. The van der Waals surface area contributed by atoms with Crippen LogP contribution < -0.4 is 14.5 Å². The number of ether oxygens (including phenoxy) is 2. The Morgan fingerprint density at radius 1 is 1.27 bits per heavy atom. The van der Waals surface area contributed by atoms with E-state index in [2.05, 4.69) is 11.7 Å². The van der Waals surface area contributed by atoms with Crippen LogP contribution in [0.4, 0.5) is 5.69 Å². The van der Waals surface area contributed by atoms with Crippen LogP contribution in [-0.2, 0) is 16.0 Å². The molecule has 30 heavy (non-hydrogen) atoms. The molecule has 7 heteroatoms. The number of hydrogen-bond acceptors (Lipinski definition) is 5. The molecule has 0 aromatic heterocycles. The van der Waals surface area contributed by atoms with E-state index in [1.165, 1.54) is 12.1 Å². The van der Waals surface area contributed by atoms with Crippen LogP contribution in [0, 0.1) is 0 Å². The number of rotatable bonds is 8. The lowest BCUT2D eigenvalue weighted by molar-refractivity contribution is -0.139. The van der Waals surface area contributed by atoms with Gasteiger partial charge in [0.1, 0.15) is 0 Å². The molecular weight excluding hydrogens is 384 g/mol. The smallest absolute Gasteiger partial charge is 0.341 e. The van der Waals surface area contributed by atoms with Crippen LogP contribution in [0.1, 0.15) is 18.1 Å². The van der Waals surface area contributed by atoms with Gasteiger partial charge < -0.3 is 14.6 Å². The number of para-hydroxylation sites is 1. The van der Waals surface area contributed by atoms with Crippen molar-refractivity contribution < 1.29 is 24.2 Å². The van der Waals surface area contributed by atoms with Crippen LogP contribution in [0.3, 0.4) is 0 Å². The fraction of sp³-hybridized carbons (Fsp3) is 0.174. The molecule has 0 saturated carbocycles. The molecule has 0 bridgehead atoms. The van der Waals surface area contributed by atoms with Gasteiger partial charge in [0.05, 0.1) is 24.1 Å². The maximum absolute atomic E-state index is 12.9. The van der Waals surface area contributed by atoms with E-state index in [-0.39, 0.29) is 5.91 Å². The first-order chi connectivity index (χ1) is 14.4. The molecule has 1 aliphatic heterocycles. The first-order valence-electron chi connectivity index (χ1n) is 9.27. The summed E-state index contributed by atoms with van der Waals surface area (Å²) in [5.74, 6) is -0.593. The molecule has 3 rings (SSSR count). The molecule has 1 aliphatic rings. The summed E-state index contributed by atoms with van der Waals surface area (Å²) in [6.07, 6.45) is 3.86. The molecule has 154 valence electrons. The first-order valence-corrected chi connectivity index (χ1v) is 9.27. The topological polar surface area (TPSA) is 88.4 Å². The second-order valence-electron chi connectivity index (χ2n) is 6.58. The molecule has 0 radical (unpaired) electrons. The minimum absolute atomic E-state index is 0.228. The van der Waals surface area contributed by atoms with Gasteiger partial charge in [-0.1, -0.05) is 24.3 Å². The van der Waals surface area contributed by atoms with Gasteiger partial charge in [0.15, 0.2) is 18.1 Å². The van der Waals surface area contributed by atoms with E-state index in [0.29, 0.717) is 46.0 Å². The largest absolute Gasteiger partial charge is 0.493 e. The summed E-state index contributed by atoms with van der Waals surface area (Å²) in [6.45, 7) is 5.03. The third-order valence-electron chi connectivity index (χ3n) is 4.45. The Morgan fingerprint density at radius 3 is 2.63 bits per heavy atom. The summed E-state index contributed by atoms with van der Waals surface area (Å²) in [5, 5.41) is 14.7. The monoisotopic (exact) mass is 406 g/mol. The average molecular weight is 406 g/mol. The van der Waals surface area contributed by atoms with Crippen LogP contribution in [0.2, 0.25) is 0 Å². The van der Waals surface area contributed by atoms with Gasteiger partial charge >= 0.3 is 5.97 Å². The Kier molecular flexibility index (Phi) is 6.32. The van der Waals surface area contributed by atoms with Crippen molar-refractivity contribution in [3.8, 4) is 11.5 Å². The second-order valence-corrected chi connectivity index (χ2v) is 6.58. The molecule has 2 aromatic carbocycles. The number of benzene rings is 2. The number of hydrogen-bond donors (Lipinski definition) is 1. The molecule has 7 nitrogen and oxygen atoms in total. The van der Waals surface area contributed by atoms with E-state index in [0.717, 1.165) is 0 Å². The highest BCUT2D eigenvalue weighted by Gasteiger charge is 2.28. The SMILES string of the molecule is C=CCc1cc(/C=C2/C(=O)N(c3ccccc3)N=C2C)cc(OC)c1OCC(=O)O. The highest BCUT2D eigenvalue weighted by molar-refractivity contribution is 6.32. The van der Waals surface area contributed by atoms with Gasteiger partial charge in [0.2, 0.25) is 0 Å². The van der Waals surface area contributed by atoms with Gasteiger partial charge in [0, 0.05) is 5.56 Å². The van der Waals surface area contributed by atoms with E-state index >= 15 is 0 Å². The van der Waals surface area contributed by atoms with Crippen LogP contribution in [0.25, 0.3) is 6.08 Å². The number of allylic oxidation sites excluding steroid dienone is 1. The zero-order valence-electron chi connectivity index (χ0n) is 16.8. The third kappa shape index (κ3) is 4.41. The van der Waals surface area contributed by atoms with Crippen molar-refractivity contribution in [2.75, 3.05) is 18.7 Å². The van der Waals surface area contributed by atoms with Crippen LogP contribution in [-0.4, -0.2) is 36.4 Å². The molecule has 0 spiro atoms. The van der Waals surface area contributed by atoms with Gasteiger partial charge in [-0.2, -0.15) is 10.1 Å². The lowest BCUT2D eigenvalue weighted by Gasteiger charge is -2.15. The van der Waals surface area contributed by atoms with Crippen LogP contribution in [0.5, 0.6) is 11.5 Å². The van der Waals surface area contributed by atoms with E-state index in [1.54, 1.807) is 25.1 Å². The van der Waals surface area contributed by atoms with Gasteiger partial charge in [0.25, 0.3) is 5.91 Å². The number of hydrazone groups is 1. The zero-order chi connectivity index (χ0) is 21.7. The number of carboxylic acids is 1. The normalized spacial score (nSPS) is 14.6. The van der Waals surface area contributed by atoms with Gasteiger partial charge in [-0.15, -0.1) is 6.58 Å². The van der Waals surface area contributed by atoms with E-state index in [4.69, 9.17) is 14.6 Å². The molecule has 1 amide bonds. The van der Waals surface area contributed by atoms with Crippen LogP contribution >= 0.6 is 0 Å². The Balaban J connectivity index is 1.99. The second kappa shape index (κ2) is 9.09. The molecule has 0 saturated heterocycles. The van der Waals surface area contributed by atoms with Crippen molar-refractivity contribution in [1.29, 1.82) is 0 Å². The maximum atomic E-state index is 12.9. The number of anilines is 1. The fourth-order valence-corrected chi connectivity index (χ4v) is 3.12. The summed E-state index contributed by atoms with van der Waals surface area (Å²) in [6, 6.07) is 12.7.